The van der Waals surface area contributed by atoms with Crippen LogP contribution in [0.4, 0.5) is 8.78 Å². The van der Waals surface area contributed by atoms with Crippen molar-refractivity contribution in [1.29, 1.82) is 0 Å². The molecule has 2 aliphatic heterocycles. The fourth-order valence-corrected chi connectivity index (χ4v) is 5.03. The predicted octanol–water partition coefficient (Wildman–Crippen LogP) is 5.38. The van der Waals surface area contributed by atoms with Crippen LogP contribution in [0.25, 0.3) is 11.8 Å². The van der Waals surface area contributed by atoms with Crippen LogP contribution in [0.3, 0.4) is 0 Å². The number of piperidine rings is 1. The lowest BCUT2D eigenvalue weighted by molar-refractivity contribution is -0.131. The van der Waals surface area contributed by atoms with Gasteiger partial charge in [-0.15, -0.1) is 0 Å². The van der Waals surface area contributed by atoms with Crippen LogP contribution in [-0.2, 0) is 4.79 Å². The molecule has 0 N–H and O–H groups in total. The summed E-state index contributed by atoms with van der Waals surface area (Å²) in [4.78, 5) is 19.5. The highest BCUT2D eigenvalue weighted by molar-refractivity contribution is 5.99. The average molecular weight is 450 g/mol. The second-order valence-electron chi connectivity index (χ2n) is 8.69. The third-order valence-electron chi connectivity index (χ3n) is 6.61. The van der Waals surface area contributed by atoms with E-state index in [9.17, 15) is 13.6 Å². The summed E-state index contributed by atoms with van der Waals surface area (Å²) >= 11 is 0. The molecular weight excluding hydrogens is 424 g/mol. The molecule has 5 rings (SSSR count). The lowest BCUT2D eigenvalue weighted by Crippen LogP contribution is -2.42. The molecule has 1 aromatic heterocycles. The van der Waals surface area contributed by atoms with Crippen molar-refractivity contribution in [3.05, 3.63) is 83.0 Å². The number of rotatable bonds is 4. The van der Waals surface area contributed by atoms with E-state index < -0.39 is 17.7 Å². The van der Waals surface area contributed by atoms with E-state index in [4.69, 9.17) is 4.74 Å². The third kappa shape index (κ3) is 3.92. The van der Waals surface area contributed by atoms with Gasteiger partial charge in [-0.1, -0.05) is 6.07 Å². The summed E-state index contributed by atoms with van der Waals surface area (Å²) in [5, 5.41) is 0. The number of fused-ring (bicyclic) bond motifs is 1. The molecule has 2 aromatic carbocycles. The van der Waals surface area contributed by atoms with Gasteiger partial charge in [0.15, 0.2) is 0 Å². The maximum Gasteiger partial charge on any atom is 0.250 e. The zero-order valence-electron chi connectivity index (χ0n) is 18.6. The first kappa shape index (κ1) is 21.4. The van der Waals surface area contributed by atoms with Crippen molar-refractivity contribution >= 4 is 12.0 Å². The smallest absolute Gasteiger partial charge is 0.250 e. The molecule has 0 aliphatic carbocycles. The number of halogens is 2. The van der Waals surface area contributed by atoms with Crippen molar-refractivity contribution in [3.63, 3.8) is 0 Å². The number of carbonyl (C=O) groups is 1. The molecule has 3 aromatic rings. The van der Waals surface area contributed by atoms with Crippen molar-refractivity contribution < 1.29 is 18.3 Å². The topological polar surface area (TPSA) is 47.4 Å². The van der Waals surface area contributed by atoms with Gasteiger partial charge in [0.25, 0.3) is 5.91 Å². The van der Waals surface area contributed by atoms with Crippen LogP contribution in [0.2, 0.25) is 0 Å². The van der Waals surface area contributed by atoms with Crippen LogP contribution < -0.4 is 4.74 Å². The SMILES string of the molecule is COc1cc(/C=C2\CCC3CCC(c4cc(F)ccc4F)N3C2=O)ccc1-n1cnc(C)c1. The largest absolute Gasteiger partial charge is 0.495 e. The van der Waals surface area contributed by atoms with Gasteiger partial charge in [0.1, 0.15) is 17.4 Å². The minimum Gasteiger partial charge on any atom is -0.495 e. The Morgan fingerprint density at radius 1 is 1.12 bits per heavy atom. The van der Waals surface area contributed by atoms with Crippen molar-refractivity contribution in [2.24, 2.45) is 0 Å². The Kier molecular flexibility index (Phi) is 5.48. The Balaban J connectivity index is 1.45. The van der Waals surface area contributed by atoms with Gasteiger partial charge in [-0.2, -0.15) is 0 Å². The fourth-order valence-electron chi connectivity index (χ4n) is 5.03. The van der Waals surface area contributed by atoms with Crippen LogP contribution in [-0.4, -0.2) is 33.5 Å². The summed E-state index contributed by atoms with van der Waals surface area (Å²) in [6.07, 6.45) is 8.43. The van der Waals surface area contributed by atoms with Gasteiger partial charge in [0.2, 0.25) is 0 Å². The van der Waals surface area contributed by atoms with E-state index in [2.05, 4.69) is 4.98 Å². The molecule has 1 amide bonds. The monoisotopic (exact) mass is 449 g/mol. The van der Waals surface area contributed by atoms with Crippen molar-refractivity contribution in [2.75, 3.05) is 7.11 Å². The molecule has 0 saturated carbocycles. The van der Waals surface area contributed by atoms with Crippen LogP contribution in [0.15, 0.2) is 54.5 Å². The summed E-state index contributed by atoms with van der Waals surface area (Å²) in [6.45, 7) is 1.92. The highest BCUT2D eigenvalue weighted by atomic mass is 19.1. The number of hydrogen-bond acceptors (Lipinski definition) is 3. The second-order valence-corrected chi connectivity index (χ2v) is 8.69. The van der Waals surface area contributed by atoms with E-state index in [-0.39, 0.29) is 17.5 Å². The molecule has 2 fully saturated rings. The minimum atomic E-state index is -0.490. The van der Waals surface area contributed by atoms with Gasteiger partial charge < -0.3 is 14.2 Å². The summed E-state index contributed by atoms with van der Waals surface area (Å²) in [7, 11) is 1.61. The molecular formula is C26H25F2N3O2. The van der Waals surface area contributed by atoms with E-state index in [1.54, 1.807) is 18.3 Å². The quantitative estimate of drug-likeness (QED) is 0.503. The standard InChI is InChI=1S/C26H25F2N3O2/c1-16-14-30(15-29-16)24-9-3-17(12-25(24)33-2)11-18-4-6-20-7-10-23(31(20)26(18)32)21-13-19(27)5-8-22(21)28/h3,5,8-9,11-15,20,23H,4,6-7,10H2,1-2H3/b18-11+. The number of hydrogen-bond donors (Lipinski definition) is 0. The van der Waals surface area contributed by atoms with Crippen molar-refractivity contribution in [3.8, 4) is 11.4 Å². The zero-order valence-corrected chi connectivity index (χ0v) is 18.6. The first-order valence-electron chi connectivity index (χ1n) is 11.1. The Morgan fingerprint density at radius 2 is 1.97 bits per heavy atom. The Bertz CT molecular complexity index is 1250. The molecule has 0 spiro atoms. The average Bonchev–Trinajstić information content (AvgIpc) is 3.44. The van der Waals surface area contributed by atoms with Crippen LogP contribution in [0.1, 0.15) is 48.5 Å². The molecule has 0 radical (unpaired) electrons. The van der Waals surface area contributed by atoms with Crippen LogP contribution >= 0.6 is 0 Å². The normalized spacial score (nSPS) is 21.5. The number of imidazole rings is 1. The van der Waals surface area contributed by atoms with E-state index in [0.717, 1.165) is 41.9 Å². The number of nitrogens with zero attached hydrogens (tertiary/aromatic N) is 3. The van der Waals surface area contributed by atoms with E-state index in [0.29, 0.717) is 24.2 Å². The Labute approximate surface area is 191 Å². The fraction of sp³-hybridized carbons (Fsp3) is 0.308. The van der Waals surface area contributed by atoms with Gasteiger partial charge in [0.05, 0.1) is 30.9 Å². The number of ether oxygens (including phenoxy) is 1. The third-order valence-corrected chi connectivity index (χ3v) is 6.61. The first-order valence-corrected chi connectivity index (χ1v) is 11.1. The zero-order chi connectivity index (χ0) is 23.1. The number of benzene rings is 2. The molecule has 2 saturated heterocycles. The summed E-state index contributed by atoms with van der Waals surface area (Å²) < 4.78 is 35.8. The summed E-state index contributed by atoms with van der Waals surface area (Å²) in [5.41, 5.74) is 3.54. The molecule has 2 aliphatic rings. The van der Waals surface area contributed by atoms with Gasteiger partial charge >= 0.3 is 0 Å². The second kappa shape index (κ2) is 8.46. The minimum absolute atomic E-state index is 0.0590. The number of carbonyl (C=O) groups excluding carboxylic acids is 1. The van der Waals surface area contributed by atoms with Gasteiger partial charge in [0, 0.05) is 23.4 Å². The molecule has 7 heteroatoms. The number of methoxy groups -OCH3 is 1. The lowest BCUT2D eigenvalue weighted by atomic mass is 9.95. The molecule has 3 heterocycles. The van der Waals surface area contributed by atoms with Crippen LogP contribution in [0, 0.1) is 18.6 Å². The van der Waals surface area contributed by atoms with E-state index >= 15 is 0 Å². The van der Waals surface area contributed by atoms with Gasteiger partial charge in [-0.3, -0.25) is 4.79 Å². The predicted molar refractivity (Wildman–Crippen MR) is 121 cm³/mol. The maximum absolute atomic E-state index is 14.5. The Morgan fingerprint density at radius 3 is 2.73 bits per heavy atom. The van der Waals surface area contributed by atoms with Crippen LogP contribution in [0.5, 0.6) is 5.75 Å². The molecule has 33 heavy (non-hydrogen) atoms. The Hall–Kier alpha value is -3.48. The molecule has 5 nitrogen and oxygen atoms in total. The molecule has 2 atom stereocenters. The van der Waals surface area contributed by atoms with Crippen molar-refractivity contribution in [2.45, 2.75) is 44.7 Å². The number of aryl methyl sites for hydroxylation is 1. The lowest BCUT2D eigenvalue weighted by Gasteiger charge is -2.35. The summed E-state index contributed by atoms with van der Waals surface area (Å²) in [6, 6.07) is 8.85. The molecule has 0 bridgehead atoms. The highest BCUT2D eigenvalue weighted by Gasteiger charge is 2.42. The van der Waals surface area contributed by atoms with Gasteiger partial charge in [-0.25, -0.2) is 13.8 Å². The first-order chi connectivity index (χ1) is 15.9. The highest BCUT2D eigenvalue weighted by Crippen LogP contribution is 2.43. The molecule has 170 valence electrons. The maximum atomic E-state index is 14.5. The van der Waals surface area contributed by atoms with Gasteiger partial charge in [-0.05, 0) is 74.6 Å². The van der Waals surface area contributed by atoms with E-state index in [1.165, 1.54) is 6.07 Å². The van der Waals surface area contributed by atoms with Crippen molar-refractivity contribution in [1.82, 2.24) is 14.5 Å². The molecule has 2 unspecified atom stereocenters. The van der Waals surface area contributed by atoms with E-state index in [1.807, 2.05) is 42.0 Å². The number of aromatic nitrogens is 2. The summed E-state index contributed by atoms with van der Waals surface area (Å²) in [5.74, 6) is -0.397. The number of amides is 1.